The van der Waals surface area contributed by atoms with E-state index in [0.29, 0.717) is 12.1 Å². The molecule has 15 heteroatoms. The van der Waals surface area contributed by atoms with Crippen LogP contribution in [0.2, 0.25) is 0 Å². The minimum atomic E-state index is -4.72. The summed E-state index contributed by atoms with van der Waals surface area (Å²) >= 11 is 0. The van der Waals surface area contributed by atoms with Crippen LogP contribution in [0.3, 0.4) is 0 Å². The van der Waals surface area contributed by atoms with Gasteiger partial charge in [-0.1, -0.05) is 0 Å². The molecule has 2 aliphatic heterocycles. The molecule has 206 valence electrons. The molecule has 11 nitrogen and oxygen atoms in total. The zero-order chi connectivity index (χ0) is 26.0. The molecule has 0 saturated carbocycles. The van der Waals surface area contributed by atoms with E-state index in [1.54, 1.807) is 6.20 Å². The number of nitrogens with zero attached hydrogens (tertiary/aromatic N) is 6. The topological polar surface area (TPSA) is 109 Å². The third-order valence-electron chi connectivity index (χ3n) is 6.41. The van der Waals surface area contributed by atoms with Crippen LogP contribution in [0.5, 0.6) is 0 Å². The zero-order valence-corrected chi connectivity index (χ0v) is 21.4. The minimum absolute atomic E-state index is 0. The molecular weight excluding hydrogens is 529 g/mol. The Hall–Kier alpha value is -3.04. The molecule has 3 aromatic heterocycles. The predicted molar refractivity (Wildman–Crippen MR) is 134 cm³/mol. The lowest BCUT2D eigenvalue weighted by Crippen LogP contribution is -2.60. The minimum Gasteiger partial charge on any atom is -0.453 e. The Morgan fingerprint density at radius 1 is 1.21 bits per heavy atom. The Morgan fingerprint density at radius 3 is 2.74 bits per heavy atom. The number of methoxy groups -OCH3 is 1. The molecule has 0 radical (unpaired) electrons. The molecule has 38 heavy (non-hydrogen) atoms. The van der Waals surface area contributed by atoms with Gasteiger partial charge >= 0.3 is 12.3 Å². The van der Waals surface area contributed by atoms with Crippen molar-refractivity contribution in [1.29, 1.82) is 0 Å². The maximum atomic E-state index is 13.8. The number of piperazine rings is 1. The lowest BCUT2D eigenvalue weighted by molar-refractivity contribution is -0.137. The number of pyridine rings is 1. The summed E-state index contributed by atoms with van der Waals surface area (Å²) in [5.74, 6) is -0.424. The Bertz CT molecular complexity index is 1270. The number of anilines is 1. The molecular formula is C23H28ClF3N8O3. The van der Waals surface area contributed by atoms with Crippen LogP contribution in [0, 0.1) is 0 Å². The summed E-state index contributed by atoms with van der Waals surface area (Å²) < 4.78 is 52.9. The number of rotatable bonds is 5. The van der Waals surface area contributed by atoms with Gasteiger partial charge < -0.3 is 9.47 Å². The van der Waals surface area contributed by atoms with Crippen molar-refractivity contribution >= 4 is 29.8 Å². The number of aromatic nitrogens is 4. The van der Waals surface area contributed by atoms with E-state index in [9.17, 15) is 18.0 Å². The van der Waals surface area contributed by atoms with Gasteiger partial charge in [-0.2, -0.15) is 13.2 Å². The van der Waals surface area contributed by atoms with E-state index in [4.69, 9.17) is 4.74 Å². The monoisotopic (exact) mass is 556 g/mol. The van der Waals surface area contributed by atoms with Gasteiger partial charge in [-0.05, 0) is 17.7 Å². The van der Waals surface area contributed by atoms with Crippen LogP contribution < -0.4 is 10.6 Å². The molecule has 1 atom stereocenters. The van der Waals surface area contributed by atoms with Crippen molar-refractivity contribution in [2.75, 3.05) is 58.4 Å². The number of halogens is 4. The second-order valence-electron chi connectivity index (χ2n) is 8.88. The number of morpholine rings is 1. The summed E-state index contributed by atoms with van der Waals surface area (Å²) in [6.07, 6.45) is -1.10. The van der Waals surface area contributed by atoms with Crippen LogP contribution >= 0.6 is 12.4 Å². The van der Waals surface area contributed by atoms with Crippen LogP contribution in [0.25, 0.3) is 16.9 Å². The summed E-state index contributed by atoms with van der Waals surface area (Å²) in [5.41, 5.74) is 0.344. The first-order valence-electron chi connectivity index (χ1n) is 11.8. The fourth-order valence-corrected chi connectivity index (χ4v) is 4.59. The van der Waals surface area contributed by atoms with Gasteiger partial charge in [-0.3, -0.25) is 20.4 Å². The first-order chi connectivity index (χ1) is 17.8. The first kappa shape index (κ1) is 28.0. The third-order valence-corrected chi connectivity index (χ3v) is 6.41. The van der Waals surface area contributed by atoms with Crippen LogP contribution in [0.15, 0.2) is 30.7 Å². The van der Waals surface area contributed by atoms with Crippen LogP contribution in [0.4, 0.5) is 23.8 Å². The maximum absolute atomic E-state index is 13.8. The molecule has 1 amide bonds. The van der Waals surface area contributed by atoms with Gasteiger partial charge in [0.05, 0.1) is 49.3 Å². The van der Waals surface area contributed by atoms with E-state index < -0.39 is 17.8 Å². The quantitative estimate of drug-likeness (QED) is 0.490. The molecule has 3 aromatic rings. The van der Waals surface area contributed by atoms with Crippen molar-refractivity contribution in [2.45, 2.75) is 18.9 Å². The van der Waals surface area contributed by atoms with Crippen molar-refractivity contribution in [3.63, 3.8) is 0 Å². The van der Waals surface area contributed by atoms with Crippen molar-refractivity contribution in [3.8, 4) is 11.4 Å². The van der Waals surface area contributed by atoms with Crippen molar-refractivity contribution in [1.82, 2.24) is 34.7 Å². The van der Waals surface area contributed by atoms with Gasteiger partial charge in [0.2, 0.25) is 0 Å². The highest BCUT2D eigenvalue weighted by molar-refractivity contribution is 5.85. The Morgan fingerprint density at radius 2 is 2.00 bits per heavy atom. The molecule has 0 bridgehead atoms. The molecule has 2 N–H and O–H groups in total. The van der Waals surface area contributed by atoms with Crippen LogP contribution in [0.1, 0.15) is 11.1 Å². The summed E-state index contributed by atoms with van der Waals surface area (Å²) in [6, 6.07) is 2.66. The molecule has 2 aliphatic rings. The number of hydrogen-bond acceptors (Lipinski definition) is 9. The number of alkyl halides is 3. The van der Waals surface area contributed by atoms with Gasteiger partial charge in [0, 0.05) is 51.7 Å². The SMILES string of the molecule is COC(=O)Nc1cc(C(F)(F)F)c(-c2ncc3cc(CN4CCNC(N5CCOCC5)C4)cn3n2)cn1.Cl. The van der Waals surface area contributed by atoms with E-state index in [2.05, 4.69) is 40.2 Å². The second kappa shape index (κ2) is 11.8. The zero-order valence-electron chi connectivity index (χ0n) is 20.6. The smallest absolute Gasteiger partial charge is 0.417 e. The van der Waals surface area contributed by atoms with Crippen LogP contribution in [-0.2, 0) is 22.2 Å². The fourth-order valence-electron chi connectivity index (χ4n) is 4.59. The van der Waals surface area contributed by atoms with Gasteiger partial charge in [-0.15, -0.1) is 17.5 Å². The highest BCUT2D eigenvalue weighted by Crippen LogP contribution is 2.36. The van der Waals surface area contributed by atoms with E-state index in [-0.39, 0.29) is 35.8 Å². The van der Waals surface area contributed by atoms with Crippen LogP contribution in [-0.4, -0.2) is 94.7 Å². The lowest BCUT2D eigenvalue weighted by atomic mass is 10.1. The molecule has 5 rings (SSSR count). The summed E-state index contributed by atoms with van der Waals surface area (Å²) in [6.45, 7) is 6.56. The molecule has 0 aliphatic carbocycles. The normalized spacial score (nSPS) is 19.2. The summed E-state index contributed by atoms with van der Waals surface area (Å²) in [4.78, 5) is 24.2. The highest BCUT2D eigenvalue weighted by Gasteiger charge is 2.35. The number of amides is 1. The number of fused-ring (bicyclic) bond motifs is 1. The number of carbonyl (C=O) groups excluding carboxylic acids is 1. The number of ether oxygens (including phenoxy) is 2. The first-order valence-corrected chi connectivity index (χ1v) is 11.8. The van der Waals surface area contributed by atoms with E-state index >= 15 is 0 Å². The van der Waals surface area contributed by atoms with Crippen molar-refractivity contribution in [2.24, 2.45) is 0 Å². The van der Waals surface area contributed by atoms with Gasteiger partial charge in [0.15, 0.2) is 5.82 Å². The third kappa shape index (κ3) is 6.32. The Labute approximate surface area is 222 Å². The predicted octanol–water partition coefficient (Wildman–Crippen LogP) is 2.47. The van der Waals surface area contributed by atoms with Gasteiger partial charge in [0.25, 0.3) is 0 Å². The molecule has 5 heterocycles. The van der Waals surface area contributed by atoms with E-state index in [1.165, 1.54) is 10.7 Å². The molecule has 2 saturated heterocycles. The Balaban J connectivity index is 0.00000336. The Kier molecular flexibility index (Phi) is 8.67. The van der Waals surface area contributed by atoms with Crippen molar-refractivity contribution in [3.05, 3.63) is 41.9 Å². The molecule has 1 unspecified atom stereocenters. The molecule has 2 fully saturated rings. The lowest BCUT2D eigenvalue weighted by Gasteiger charge is -2.41. The van der Waals surface area contributed by atoms with Crippen molar-refractivity contribution < 1.29 is 27.4 Å². The largest absolute Gasteiger partial charge is 0.453 e. The fraction of sp³-hybridized carbons (Fsp3) is 0.478. The maximum Gasteiger partial charge on any atom is 0.417 e. The van der Waals surface area contributed by atoms with E-state index in [0.717, 1.165) is 70.9 Å². The average molecular weight is 557 g/mol. The standard InChI is InChI=1S/C23H27F3N8O3.ClH/c1-36-22(35)30-19-9-18(23(24,25)26)17(11-28-19)21-29-10-16-8-15(13-34(16)31-21)12-32-3-2-27-20(14-32)33-4-6-37-7-5-33;/h8-11,13,20,27H,2-7,12,14H2,1H3,(H,28,30,35);1H. The van der Waals surface area contributed by atoms with E-state index in [1.807, 2.05) is 6.07 Å². The number of nitrogens with one attached hydrogen (secondary N) is 2. The molecule has 0 spiro atoms. The highest BCUT2D eigenvalue weighted by atomic mass is 35.5. The number of hydrogen-bond donors (Lipinski definition) is 2. The van der Waals surface area contributed by atoms with Gasteiger partial charge in [-0.25, -0.2) is 19.3 Å². The summed E-state index contributed by atoms with van der Waals surface area (Å²) in [7, 11) is 1.10. The number of carbonyl (C=O) groups is 1. The van der Waals surface area contributed by atoms with Gasteiger partial charge in [0.1, 0.15) is 5.82 Å². The molecule has 0 aromatic carbocycles. The summed E-state index contributed by atoms with van der Waals surface area (Å²) in [5, 5.41) is 10.0. The average Bonchev–Trinajstić information content (AvgIpc) is 3.30. The second-order valence-corrected chi connectivity index (χ2v) is 8.88.